The highest BCUT2D eigenvalue weighted by Crippen LogP contribution is 2.30. The van der Waals surface area contributed by atoms with Crippen LogP contribution in [-0.4, -0.2) is 9.55 Å². The van der Waals surface area contributed by atoms with Crippen LogP contribution >= 0.6 is 12.2 Å². The van der Waals surface area contributed by atoms with Gasteiger partial charge in [-0.1, -0.05) is 12.1 Å². The Labute approximate surface area is 97.7 Å². The average molecular weight is 232 g/mol. The molecule has 1 aliphatic carbocycles. The van der Waals surface area contributed by atoms with E-state index in [1.165, 1.54) is 12.8 Å². The number of fused-ring (bicyclic) bond motifs is 1. The topological polar surface area (TPSA) is 37.8 Å². The van der Waals surface area contributed by atoms with Crippen molar-refractivity contribution in [1.82, 2.24) is 9.55 Å². The summed E-state index contributed by atoms with van der Waals surface area (Å²) >= 11 is 5.22. The number of aromatic nitrogens is 2. The fraction of sp³-hybridized carbons (Fsp3) is 0.333. The molecule has 1 fully saturated rings. The maximum Gasteiger partial charge on any atom is 0.262 e. The fourth-order valence-corrected chi connectivity index (χ4v) is 2.19. The van der Waals surface area contributed by atoms with Crippen LogP contribution < -0.4 is 5.56 Å². The van der Waals surface area contributed by atoms with Gasteiger partial charge in [-0.15, -0.1) is 0 Å². The Morgan fingerprint density at radius 1 is 1.38 bits per heavy atom. The van der Waals surface area contributed by atoms with Crippen LogP contribution in [0.5, 0.6) is 0 Å². The van der Waals surface area contributed by atoms with Crippen molar-refractivity contribution in [1.29, 1.82) is 0 Å². The second-order valence-corrected chi connectivity index (χ2v) is 4.72. The molecule has 1 saturated carbocycles. The van der Waals surface area contributed by atoms with E-state index in [1.54, 1.807) is 4.57 Å². The maximum absolute atomic E-state index is 12.2. The quantitative estimate of drug-likeness (QED) is 0.808. The zero-order chi connectivity index (χ0) is 11.1. The van der Waals surface area contributed by atoms with Gasteiger partial charge < -0.3 is 4.98 Å². The van der Waals surface area contributed by atoms with Crippen molar-refractivity contribution in [3.8, 4) is 0 Å². The summed E-state index contributed by atoms with van der Waals surface area (Å²) in [5, 5.41) is 0.719. The van der Waals surface area contributed by atoms with Crippen LogP contribution in [0.2, 0.25) is 0 Å². The molecule has 0 spiro atoms. The molecule has 3 nitrogen and oxygen atoms in total. The van der Waals surface area contributed by atoms with Crippen molar-refractivity contribution in [2.45, 2.75) is 19.4 Å². The normalized spacial score (nSPS) is 15.5. The molecule has 4 heteroatoms. The lowest BCUT2D eigenvalue weighted by Gasteiger charge is -2.06. The van der Waals surface area contributed by atoms with Crippen molar-refractivity contribution in [2.75, 3.05) is 0 Å². The summed E-state index contributed by atoms with van der Waals surface area (Å²) in [7, 11) is 0. The molecule has 1 aromatic heterocycles. The molecule has 1 heterocycles. The van der Waals surface area contributed by atoms with Crippen LogP contribution in [0, 0.1) is 10.7 Å². The van der Waals surface area contributed by atoms with Gasteiger partial charge in [0.1, 0.15) is 0 Å². The Balaban J connectivity index is 2.27. The molecule has 2 aromatic rings. The zero-order valence-corrected chi connectivity index (χ0v) is 9.59. The van der Waals surface area contributed by atoms with E-state index in [1.807, 2.05) is 24.3 Å². The number of nitrogens with zero attached hydrogens (tertiary/aromatic N) is 1. The second-order valence-electron chi connectivity index (χ2n) is 4.33. The summed E-state index contributed by atoms with van der Waals surface area (Å²) in [6.07, 6.45) is 2.43. The summed E-state index contributed by atoms with van der Waals surface area (Å²) in [5.41, 5.74) is 0.857. The van der Waals surface area contributed by atoms with Gasteiger partial charge in [0, 0.05) is 6.54 Å². The predicted molar refractivity (Wildman–Crippen MR) is 66.1 cm³/mol. The van der Waals surface area contributed by atoms with Crippen LogP contribution in [-0.2, 0) is 6.54 Å². The van der Waals surface area contributed by atoms with E-state index >= 15 is 0 Å². The molecule has 0 unspecified atom stereocenters. The Bertz CT molecular complexity index is 652. The first-order chi connectivity index (χ1) is 7.75. The number of H-pyrrole nitrogens is 1. The molecular weight excluding hydrogens is 220 g/mol. The molecule has 0 radical (unpaired) electrons. The summed E-state index contributed by atoms with van der Waals surface area (Å²) < 4.78 is 2.23. The minimum absolute atomic E-state index is 0.0336. The van der Waals surface area contributed by atoms with Gasteiger partial charge in [-0.3, -0.25) is 9.36 Å². The van der Waals surface area contributed by atoms with Crippen molar-refractivity contribution in [3.63, 3.8) is 0 Å². The third-order valence-corrected chi connectivity index (χ3v) is 3.35. The number of benzene rings is 1. The Morgan fingerprint density at radius 2 is 2.12 bits per heavy atom. The molecule has 0 atom stereocenters. The van der Waals surface area contributed by atoms with E-state index in [0.29, 0.717) is 10.7 Å². The largest absolute Gasteiger partial charge is 0.332 e. The third kappa shape index (κ3) is 1.59. The van der Waals surface area contributed by atoms with Gasteiger partial charge in [-0.05, 0) is 43.1 Å². The van der Waals surface area contributed by atoms with Gasteiger partial charge in [0.05, 0.1) is 10.9 Å². The molecule has 3 rings (SSSR count). The Kier molecular flexibility index (Phi) is 2.17. The van der Waals surface area contributed by atoms with E-state index in [4.69, 9.17) is 12.2 Å². The van der Waals surface area contributed by atoms with Gasteiger partial charge >= 0.3 is 0 Å². The number of aromatic amines is 1. The number of nitrogens with one attached hydrogen (secondary N) is 1. The lowest BCUT2D eigenvalue weighted by atomic mass is 10.2. The molecule has 0 bridgehead atoms. The monoisotopic (exact) mass is 232 g/mol. The standard InChI is InChI=1S/C12H12N2OS/c15-11-9-3-1-2-4-10(9)13-12(16)14(11)7-8-5-6-8/h1-4,8H,5-7H2,(H,13,16). The van der Waals surface area contributed by atoms with Crippen LogP contribution in [0.15, 0.2) is 29.1 Å². The highest BCUT2D eigenvalue weighted by molar-refractivity contribution is 7.71. The predicted octanol–water partition coefficient (Wildman–Crippen LogP) is 2.47. The Morgan fingerprint density at radius 3 is 2.88 bits per heavy atom. The van der Waals surface area contributed by atoms with Crippen LogP contribution in [0.4, 0.5) is 0 Å². The average Bonchev–Trinajstić information content (AvgIpc) is 3.08. The minimum atomic E-state index is 0.0336. The maximum atomic E-state index is 12.2. The van der Waals surface area contributed by atoms with Gasteiger partial charge in [0.2, 0.25) is 0 Å². The van der Waals surface area contributed by atoms with Crippen molar-refractivity contribution in [2.24, 2.45) is 5.92 Å². The van der Waals surface area contributed by atoms with Gasteiger partial charge in [0.25, 0.3) is 5.56 Å². The first-order valence-corrected chi connectivity index (χ1v) is 5.88. The lowest BCUT2D eigenvalue weighted by molar-refractivity contribution is 0.594. The molecule has 1 aliphatic rings. The number of para-hydroxylation sites is 1. The molecule has 0 saturated heterocycles. The van der Waals surface area contributed by atoms with E-state index in [-0.39, 0.29) is 5.56 Å². The number of rotatable bonds is 2. The lowest BCUT2D eigenvalue weighted by Crippen LogP contribution is -2.22. The van der Waals surface area contributed by atoms with Gasteiger partial charge in [-0.25, -0.2) is 0 Å². The summed E-state index contributed by atoms with van der Waals surface area (Å²) in [6.45, 7) is 0.763. The first kappa shape index (κ1) is 9.78. The molecule has 1 N–H and O–H groups in total. The fourth-order valence-electron chi connectivity index (χ4n) is 1.92. The highest BCUT2D eigenvalue weighted by atomic mass is 32.1. The van der Waals surface area contributed by atoms with Gasteiger partial charge in [-0.2, -0.15) is 0 Å². The minimum Gasteiger partial charge on any atom is -0.332 e. The molecule has 16 heavy (non-hydrogen) atoms. The van der Waals surface area contributed by atoms with Crippen LogP contribution in [0.25, 0.3) is 10.9 Å². The van der Waals surface area contributed by atoms with Crippen LogP contribution in [0.1, 0.15) is 12.8 Å². The third-order valence-electron chi connectivity index (χ3n) is 3.03. The molecule has 82 valence electrons. The second kappa shape index (κ2) is 3.56. The molecule has 1 aromatic carbocycles. The summed E-state index contributed by atoms with van der Waals surface area (Å²) in [6, 6.07) is 7.50. The smallest absolute Gasteiger partial charge is 0.262 e. The van der Waals surface area contributed by atoms with E-state index in [9.17, 15) is 4.79 Å². The van der Waals surface area contributed by atoms with E-state index in [0.717, 1.165) is 17.4 Å². The number of hydrogen-bond acceptors (Lipinski definition) is 2. The zero-order valence-electron chi connectivity index (χ0n) is 8.77. The molecule has 0 aliphatic heterocycles. The van der Waals surface area contributed by atoms with Crippen molar-refractivity contribution in [3.05, 3.63) is 39.4 Å². The van der Waals surface area contributed by atoms with Crippen molar-refractivity contribution >= 4 is 23.1 Å². The summed E-state index contributed by atoms with van der Waals surface area (Å²) in [5.74, 6) is 0.647. The Hall–Kier alpha value is -1.42. The molecular formula is C12H12N2OS. The van der Waals surface area contributed by atoms with Crippen LogP contribution in [0.3, 0.4) is 0 Å². The SMILES string of the molecule is O=c1c2ccccc2[nH]c(=S)n1CC1CC1. The van der Waals surface area contributed by atoms with Crippen molar-refractivity contribution < 1.29 is 0 Å². The van der Waals surface area contributed by atoms with Gasteiger partial charge in [0.15, 0.2) is 4.77 Å². The summed E-state index contributed by atoms with van der Waals surface area (Å²) in [4.78, 5) is 15.3. The molecule has 0 amide bonds. The number of hydrogen-bond donors (Lipinski definition) is 1. The highest BCUT2D eigenvalue weighted by Gasteiger charge is 2.22. The van der Waals surface area contributed by atoms with E-state index < -0.39 is 0 Å². The van der Waals surface area contributed by atoms with E-state index in [2.05, 4.69) is 4.98 Å². The first-order valence-electron chi connectivity index (χ1n) is 5.47.